The van der Waals surface area contributed by atoms with Crippen LogP contribution >= 0.6 is 11.6 Å². The molecule has 2 rings (SSSR count). The Balaban J connectivity index is 2.37. The highest BCUT2D eigenvalue weighted by Gasteiger charge is 2.33. The predicted molar refractivity (Wildman–Crippen MR) is 76.5 cm³/mol. The normalized spacial score (nSPS) is 13.0. The van der Waals surface area contributed by atoms with Crippen molar-refractivity contribution in [1.82, 2.24) is 4.98 Å². The number of aromatic nitrogens is 1. The fraction of sp³-hybridized carbons (Fsp3) is 0.214. The van der Waals surface area contributed by atoms with E-state index < -0.39 is 23.6 Å². The van der Waals surface area contributed by atoms with Crippen molar-refractivity contribution >= 4 is 23.0 Å². The molecule has 0 radical (unpaired) electrons. The van der Waals surface area contributed by atoms with Gasteiger partial charge in [0.25, 0.3) is 0 Å². The maximum atomic E-state index is 13.8. The third-order valence-electron chi connectivity index (χ3n) is 2.87. The minimum atomic E-state index is -4.59. The monoisotopic (exact) mass is 333 g/mol. The van der Waals surface area contributed by atoms with Gasteiger partial charge in [-0.25, -0.2) is 4.39 Å². The molecule has 1 aromatic carbocycles. The van der Waals surface area contributed by atoms with Crippen molar-refractivity contribution in [1.29, 1.82) is 0 Å². The van der Waals surface area contributed by atoms with E-state index in [0.29, 0.717) is 0 Å². The second-order valence-corrected chi connectivity index (χ2v) is 5.13. The lowest BCUT2D eigenvalue weighted by Crippen LogP contribution is -2.11. The van der Waals surface area contributed by atoms with Crippen LogP contribution in [0.5, 0.6) is 0 Å². The van der Waals surface area contributed by atoms with Crippen LogP contribution in [0, 0.1) is 5.82 Å². The summed E-state index contributed by atoms with van der Waals surface area (Å²) in [4.78, 5) is 3.81. The van der Waals surface area contributed by atoms with E-state index in [4.69, 9.17) is 17.3 Å². The van der Waals surface area contributed by atoms with Gasteiger partial charge >= 0.3 is 6.18 Å². The van der Waals surface area contributed by atoms with Gasteiger partial charge in [0, 0.05) is 17.1 Å². The van der Waals surface area contributed by atoms with Gasteiger partial charge in [0.15, 0.2) is 0 Å². The zero-order valence-corrected chi connectivity index (χ0v) is 12.1. The van der Waals surface area contributed by atoms with E-state index in [1.54, 1.807) is 6.92 Å². The summed E-state index contributed by atoms with van der Waals surface area (Å²) in [5.41, 5.74) is 4.46. The number of hydrogen-bond acceptors (Lipinski definition) is 3. The number of nitrogens with two attached hydrogens (primary N) is 1. The molecule has 0 amide bonds. The molecule has 8 heteroatoms. The topological polar surface area (TPSA) is 50.9 Å². The number of alkyl halides is 3. The van der Waals surface area contributed by atoms with Crippen LogP contribution in [0.2, 0.25) is 5.02 Å². The van der Waals surface area contributed by atoms with Crippen LogP contribution in [-0.4, -0.2) is 4.98 Å². The van der Waals surface area contributed by atoms with Crippen molar-refractivity contribution in [3.05, 3.63) is 52.6 Å². The number of pyridine rings is 1. The minimum absolute atomic E-state index is 0.0395. The second-order valence-electron chi connectivity index (χ2n) is 4.69. The van der Waals surface area contributed by atoms with Crippen LogP contribution in [0.25, 0.3) is 0 Å². The van der Waals surface area contributed by atoms with Gasteiger partial charge in [-0.15, -0.1) is 0 Å². The number of hydrogen-bond donors (Lipinski definition) is 2. The molecule has 0 spiro atoms. The SMILES string of the molecule is CC(N)c1ncc(Nc2ccc(Cl)cc2C(F)(F)F)cc1F. The molecular weight excluding hydrogens is 322 g/mol. The van der Waals surface area contributed by atoms with Gasteiger partial charge in [0.2, 0.25) is 0 Å². The molecule has 0 aliphatic heterocycles. The van der Waals surface area contributed by atoms with Crippen LogP contribution in [0.4, 0.5) is 28.9 Å². The van der Waals surface area contributed by atoms with E-state index in [-0.39, 0.29) is 22.1 Å². The summed E-state index contributed by atoms with van der Waals surface area (Å²) >= 11 is 5.59. The fourth-order valence-corrected chi connectivity index (χ4v) is 2.04. The predicted octanol–water partition coefficient (Wildman–Crippen LogP) is 4.66. The van der Waals surface area contributed by atoms with Gasteiger partial charge in [-0.2, -0.15) is 13.2 Å². The van der Waals surface area contributed by atoms with Gasteiger partial charge in [-0.05, 0) is 25.1 Å². The van der Waals surface area contributed by atoms with Crippen LogP contribution in [0.3, 0.4) is 0 Å². The average Bonchev–Trinajstić information content (AvgIpc) is 2.39. The Kier molecular flexibility index (Phi) is 4.58. The van der Waals surface area contributed by atoms with Gasteiger partial charge in [0.1, 0.15) is 5.82 Å². The molecular formula is C14H12ClF4N3. The van der Waals surface area contributed by atoms with Gasteiger partial charge < -0.3 is 11.1 Å². The third kappa shape index (κ3) is 3.66. The smallest absolute Gasteiger partial charge is 0.354 e. The lowest BCUT2D eigenvalue weighted by atomic mass is 10.1. The summed E-state index contributed by atoms with van der Waals surface area (Å²) in [6, 6.07) is 3.70. The summed E-state index contributed by atoms with van der Waals surface area (Å²) in [5, 5.41) is 2.44. The molecule has 0 fully saturated rings. The van der Waals surface area contributed by atoms with E-state index >= 15 is 0 Å². The second kappa shape index (κ2) is 6.10. The molecule has 1 aromatic heterocycles. The molecule has 1 atom stereocenters. The Labute approximate surface area is 129 Å². The fourth-order valence-electron chi connectivity index (χ4n) is 1.87. The van der Waals surface area contributed by atoms with E-state index in [1.165, 1.54) is 18.3 Å². The van der Waals surface area contributed by atoms with Crippen LogP contribution < -0.4 is 11.1 Å². The van der Waals surface area contributed by atoms with E-state index in [9.17, 15) is 17.6 Å². The molecule has 0 aliphatic carbocycles. The Morgan fingerprint density at radius 2 is 1.95 bits per heavy atom. The highest BCUT2D eigenvalue weighted by molar-refractivity contribution is 6.30. The first-order chi connectivity index (χ1) is 10.2. The number of halogens is 5. The zero-order chi connectivity index (χ0) is 16.5. The van der Waals surface area contributed by atoms with Crippen LogP contribution in [-0.2, 0) is 6.18 Å². The molecule has 0 saturated carbocycles. The van der Waals surface area contributed by atoms with Gasteiger partial charge in [-0.3, -0.25) is 4.98 Å². The third-order valence-corrected chi connectivity index (χ3v) is 3.10. The van der Waals surface area contributed by atoms with Crippen molar-refractivity contribution < 1.29 is 17.6 Å². The van der Waals surface area contributed by atoms with E-state index in [2.05, 4.69) is 10.3 Å². The standard InChI is InChI=1S/C14H12ClF4N3/c1-7(20)13-11(16)5-9(6-21-13)22-12-3-2-8(15)4-10(12)14(17,18)19/h2-7,22H,20H2,1H3. The number of benzene rings is 1. The highest BCUT2D eigenvalue weighted by atomic mass is 35.5. The van der Waals surface area contributed by atoms with Crippen molar-refractivity contribution in [3.8, 4) is 0 Å². The Hall–Kier alpha value is -1.86. The molecule has 0 aliphatic rings. The maximum Gasteiger partial charge on any atom is 0.418 e. The van der Waals surface area contributed by atoms with E-state index in [0.717, 1.165) is 12.1 Å². The molecule has 2 aromatic rings. The summed E-state index contributed by atoms with van der Waals surface area (Å²) in [7, 11) is 0. The quantitative estimate of drug-likeness (QED) is 0.803. The zero-order valence-electron chi connectivity index (χ0n) is 11.4. The van der Waals surface area contributed by atoms with Crippen molar-refractivity contribution in [3.63, 3.8) is 0 Å². The first-order valence-electron chi connectivity index (χ1n) is 6.23. The number of nitrogens with zero attached hydrogens (tertiary/aromatic N) is 1. The molecule has 3 N–H and O–H groups in total. The van der Waals surface area contributed by atoms with Crippen LogP contribution in [0.1, 0.15) is 24.2 Å². The summed E-state index contributed by atoms with van der Waals surface area (Å²) < 4.78 is 52.7. The number of rotatable bonds is 3. The summed E-state index contributed by atoms with van der Waals surface area (Å²) in [5.74, 6) is -0.692. The Morgan fingerprint density at radius 1 is 1.27 bits per heavy atom. The van der Waals surface area contributed by atoms with Gasteiger partial charge in [0.05, 0.1) is 28.8 Å². The first kappa shape index (κ1) is 16.5. The summed E-state index contributed by atoms with van der Waals surface area (Å²) in [6.45, 7) is 1.56. The molecule has 3 nitrogen and oxygen atoms in total. The molecule has 1 unspecified atom stereocenters. The summed E-state index contributed by atoms with van der Waals surface area (Å²) in [6.07, 6.45) is -3.37. The van der Waals surface area contributed by atoms with Crippen molar-refractivity contribution in [2.24, 2.45) is 5.73 Å². The highest BCUT2D eigenvalue weighted by Crippen LogP contribution is 2.37. The number of nitrogens with one attached hydrogen (secondary N) is 1. The maximum absolute atomic E-state index is 13.8. The lowest BCUT2D eigenvalue weighted by molar-refractivity contribution is -0.136. The first-order valence-corrected chi connectivity index (χ1v) is 6.61. The molecule has 22 heavy (non-hydrogen) atoms. The van der Waals surface area contributed by atoms with Crippen LogP contribution in [0.15, 0.2) is 30.5 Å². The Morgan fingerprint density at radius 3 is 2.50 bits per heavy atom. The van der Waals surface area contributed by atoms with Crippen molar-refractivity contribution in [2.75, 3.05) is 5.32 Å². The number of anilines is 2. The van der Waals surface area contributed by atoms with E-state index in [1.807, 2.05) is 0 Å². The Bertz CT molecular complexity index is 686. The largest absolute Gasteiger partial charge is 0.418 e. The molecule has 0 saturated heterocycles. The molecule has 0 bridgehead atoms. The molecule has 1 heterocycles. The average molecular weight is 334 g/mol. The van der Waals surface area contributed by atoms with Crippen molar-refractivity contribution in [2.45, 2.75) is 19.1 Å². The molecule has 118 valence electrons. The minimum Gasteiger partial charge on any atom is -0.354 e. The lowest BCUT2D eigenvalue weighted by Gasteiger charge is -2.15. The van der Waals surface area contributed by atoms with Gasteiger partial charge in [-0.1, -0.05) is 11.6 Å².